The molecule has 104 valence electrons. The molecule has 1 aliphatic rings. The Bertz CT molecular complexity index is 595. The van der Waals surface area contributed by atoms with Gasteiger partial charge in [0.15, 0.2) is 0 Å². The van der Waals surface area contributed by atoms with Gasteiger partial charge < -0.3 is 14.7 Å². The number of rotatable bonds is 2. The number of hydrogen-bond donors (Lipinski definition) is 1. The Hall–Kier alpha value is -2.00. The number of aliphatic hydroxyl groups is 1. The van der Waals surface area contributed by atoms with Crippen LogP contribution in [0.5, 0.6) is 5.75 Å². The summed E-state index contributed by atoms with van der Waals surface area (Å²) in [5, 5.41) is 10.00. The van der Waals surface area contributed by atoms with Crippen molar-refractivity contribution in [2.75, 3.05) is 18.1 Å². The van der Waals surface area contributed by atoms with Gasteiger partial charge in [0, 0.05) is 17.8 Å². The molecule has 3 rings (SSSR count). The summed E-state index contributed by atoms with van der Waals surface area (Å²) < 4.78 is 5.80. The monoisotopic (exact) mass is 269 g/mol. The van der Waals surface area contributed by atoms with Gasteiger partial charge in [-0.3, -0.25) is 0 Å². The standard InChI is InChI=1S/C17H19NO2/c1-13(19)14-7-2-3-8-15(14)18-11-6-12-20-17-10-5-4-9-16(17)18/h2-5,7-10,13,19H,6,11-12H2,1H3. The zero-order valence-corrected chi connectivity index (χ0v) is 11.6. The Morgan fingerprint density at radius 3 is 2.55 bits per heavy atom. The molecule has 20 heavy (non-hydrogen) atoms. The minimum Gasteiger partial charge on any atom is -0.491 e. The summed E-state index contributed by atoms with van der Waals surface area (Å²) in [5.74, 6) is 0.908. The molecule has 1 heterocycles. The lowest BCUT2D eigenvalue weighted by atomic mass is 10.1. The van der Waals surface area contributed by atoms with E-state index in [1.54, 1.807) is 6.92 Å². The smallest absolute Gasteiger partial charge is 0.142 e. The van der Waals surface area contributed by atoms with Crippen molar-refractivity contribution in [3.63, 3.8) is 0 Å². The topological polar surface area (TPSA) is 32.7 Å². The average molecular weight is 269 g/mol. The zero-order chi connectivity index (χ0) is 13.9. The van der Waals surface area contributed by atoms with E-state index < -0.39 is 6.10 Å². The molecule has 0 fully saturated rings. The van der Waals surface area contributed by atoms with Crippen molar-refractivity contribution in [1.82, 2.24) is 0 Å². The fourth-order valence-corrected chi connectivity index (χ4v) is 2.66. The van der Waals surface area contributed by atoms with E-state index in [2.05, 4.69) is 17.0 Å². The minimum absolute atomic E-state index is 0.484. The molecule has 0 radical (unpaired) electrons. The van der Waals surface area contributed by atoms with E-state index in [0.717, 1.165) is 42.3 Å². The van der Waals surface area contributed by atoms with E-state index in [1.165, 1.54) is 0 Å². The molecule has 2 aromatic rings. The molecule has 0 spiro atoms. The van der Waals surface area contributed by atoms with Gasteiger partial charge in [-0.15, -0.1) is 0 Å². The fourth-order valence-electron chi connectivity index (χ4n) is 2.66. The Morgan fingerprint density at radius 1 is 1.05 bits per heavy atom. The first-order valence-electron chi connectivity index (χ1n) is 7.04. The molecule has 0 saturated carbocycles. The van der Waals surface area contributed by atoms with Crippen molar-refractivity contribution in [3.05, 3.63) is 54.1 Å². The summed E-state index contributed by atoms with van der Waals surface area (Å²) in [6.45, 7) is 3.42. The number of nitrogens with zero attached hydrogens (tertiary/aromatic N) is 1. The third-order valence-electron chi connectivity index (χ3n) is 3.62. The molecule has 1 aliphatic heterocycles. The average Bonchev–Trinajstić information content (AvgIpc) is 2.69. The van der Waals surface area contributed by atoms with Crippen molar-refractivity contribution in [3.8, 4) is 5.75 Å². The second-order valence-electron chi connectivity index (χ2n) is 5.06. The normalized spacial score (nSPS) is 16.0. The van der Waals surface area contributed by atoms with Gasteiger partial charge in [-0.05, 0) is 31.5 Å². The largest absolute Gasteiger partial charge is 0.491 e. The highest BCUT2D eigenvalue weighted by Crippen LogP contribution is 2.38. The van der Waals surface area contributed by atoms with Gasteiger partial charge in [0.25, 0.3) is 0 Å². The number of anilines is 2. The van der Waals surface area contributed by atoms with Crippen molar-refractivity contribution in [2.45, 2.75) is 19.4 Å². The van der Waals surface area contributed by atoms with Crippen molar-refractivity contribution >= 4 is 11.4 Å². The Morgan fingerprint density at radius 2 is 1.75 bits per heavy atom. The summed E-state index contributed by atoms with van der Waals surface area (Å²) in [6, 6.07) is 16.1. The molecule has 1 unspecified atom stereocenters. The van der Waals surface area contributed by atoms with Gasteiger partial charge in [-0.2, -0.15) is 0 Å². The second-order valence-corrected chi connectivity index (χ2v) is 5.06. The van der Waals surface area contributed by atoms with Gasteiger partial charge in [0.1, 0.15) is 5.75 Å². The summed E-state index contributed by atoms with van der Waals surface area (Å²) >= 11 is 0. The number of aliphatic hydroxyl groups excluding tert-OH is 1. The van der Waals surface area contributed by atoms with Crippen LogP contribution >= 0.6 is 0 Å². The third kappa shape index (κ3) is 2.37. The number of para-hydroxylation sites is 3. The van der Waals surface area contributed by atoms with Crippen LogP contribution < -0.4 is 9.64 Å². The summed E-state index contributed by atoms with van der Waals surface area (Å²) in [4.78, 5) is 2.24. The number of hydrogen-bond acceptors (Lipinski definition) is 3. The number of fused-ring (bicyclic) bond motifs is 1. The van der Waals surface area contributed by atoms with Crippen LogP contribution in [0.1, 0.15) is 25.0 Å². The highest BCUT2D eigenvalue weighted by Gasteiger charge is 2.20. The van der Waals surface area contributed by atoms with Crippen LogP contribution in [0.25, 0.3) is 0 Å². The molecule has 3 heteroatoms. The first-order chi connectivity index (χ1) is 9.77. The molecule has 1 N–H and O–H groups in total. The van der Waals surface area contributed by atoms with Gasteiger partial charge in [0.2, 0.25) is 0 Å². The predicted molar refractivity (Wildman–Crippen MR) is 80.6 cm³/mol. The molecule has 0 bridgehead atoms. The van der Waals surface area contributed by atoms with Crippen LogP contribution in [0.15, 0.2) is 48.5 Å². The van der Waals surface area contributed by atoms with E-state index in [9.17, 15) is 5.11 Å². The van der Waals surface area contributed by atoms with Gasteiger partial charge in [0.05, 0.1) is 18.4 Å². The highest BCUT2D eigenvalue weighted by atomic mass is 16.5. The maximum Gasteiger partial charge on any atom is 0.142 e. The molecule has 0 saturated heterocycles. The molecule has 3 nitrogen and oxygen atoms in total. The Labute approximate surface area is 119 Å². The highest BCUT2D eigenvalue weighted by molar-refractivity contribution is 5.72. The number of ether oxygens (including phenoxy) is 1. The summed E-state index contributed by atoms with van der Waals surface area (Å²) in [7, 11) is 0. The summed E-state index contributed by atoms with van der Waals surface area (Å²) in [6.07, 6.45) is 0.477. The lowest BCUT2D eigenvalue weighted by Crippen LogP contribution is -2.19. The number of benzene rings is 2. The van der Waals surface area contributed by atoms with Crippen LogP contribution in [-0.2, 0) is 0 Å². The van der Waals surface area contributed by atoms with E-state index in [0.29, 0.717) is 0 Å². The van der Waals surface area contributed by atoms with E-state index in [4.69, 9.17) is 4.74 Å². The van der Waals surface area contributed by atoms with Gasteiger partial charge >= 0.3 is 0 Å². The zero-order valence-electron chi connectivity index (χ0n) is 11.6. The van der Waals surface area contributed by atoms with Crippen molar-refractivity contribution in [1.29, 1.82) is 0 Å². The van der Waals surface area contributed by atoms with E-state index >= 15 is 0 Å². The molecule has 0 aromatic heterocycles. The van der Waals surface area contributed by atoms with Crippen LogP contribution in [0.2, 0.25) is 0 Å². The lowest BCUT2D eigenvalue weighted by molar-refractivity contribution is 0.199. The van der Waals surface area contributed by atoms with Gasteiger partial charge in [-0.25, -0.2) is 0 Å². The van der Waals surface area contributed by atoms with Crippen molar-refractivity contribution in [2.24, 2.45) is 0 Å². The molecule has 1 atom stereocenters. The van der Waals surface area contributed by atoms with Crippen LogP contribution in [0.3, 0.4) is 0 Å². The molecule has 2 aromatic carbocycles. The summed E-state index contributed by atoms with van der Waals surface area (Å²) in [5.41, 5.74) is 3.07. The van der Waals surface area contributed by atoms with E-state index in [1.807, 2.05) is 36.4 Å². The first kappa shape index (κ1) is 13.0. The molecular formula is C17H19NO2. The Balaban J connectivity index is 2.10. The second kappa shape index (κ2) is 5.55. The molecule has 0 aliphatic carbocycles. The maximum atomic E-state index is 10.00. The quantitative estimate of drug-likeness (QED) is 0.903. The molecular weight excluding hydrogens is 250 g/mol. The lowest BCUT2D eigenvalue weighted by Gasteiger charge is -2.27. The maximum absolute atomic E-state index is 10.00. The van der Waals surface area contributed by atoms with E-state index in [-0.39, 0.29) is 0 Å². The van der Waals surface area contributed by atoms with Gasteiger partial charge in [-0.1, -0.05) is 30.3 Å². The predicted octanol–water partition coefficient (Wildman–Crippen LogP) is 3.66. The molecule has 0 amide bonds. The Kier molecular flexibility index (Phi) is 3.61. The third-order valence-corrected chi connectivity index (χ3v) is 3.62. The van der Waals surface area contributed by atoms with Crippen molar-refractivity contribution < 1.29 is 9.84 Å². The SMILES string of the molecule is CC(O)c1ccccc1N1CCCOc2ccccc21. The minimum atomic E-state index is -0.484. The fraction of sp³-hybridized carbons (Fsp3) is 0.294. The van der Waals surface area contributed by atoms with Crippen LogP contribution in [-0.4, -0.2) is 18.3 Å². The van der Waals surface area contributed by atoms with Crippen LogP contribution in [0, 0.1) is 0 Å². The van der Waals surface area contributed by atoms with Crippen LogP contribution in [0.4, 0.5) is 11.4 Å². The first-order valence-corrected chi connectivity index (χ1v) is 7.04.